The molecule has 2 aromatic carbocycles. The standard InChI is InChI=1S/C20H24N2O4/c1-4-17(14-7-5-13(2)6-8-14)22-19(23)12-26-18-11-15(25-3)9-10-16(18)20(21)24/h5-11,17H,4,12H2,1-3H3,(H2,21,24)(H,22,23)/t17-/m1/s1. The summed E-state index contributed by atoms with van der Waals surface area (Å²) in [4.78, 5) is 23.8. The topological polar surface area (TPSA) is 90.7 Å². The molecule has 26 heavy (non-hydrogen) atoms. The van der Waals surface area contributed by atoms with Crippen molar-refractivity contribution in [1.29, 1.82) is 0 Å². The zero-order valence-electron chi connectivity index (χ0n) is 15.2. The number of nitrogens with two attached hydrogens (primary N) is 1. The first-order valence-corrected chi connectivity index (χ1v) is 8.41. The molecule has 2 rings (SSSR count). The zero-order valence-corrected chi connectivity index (χ0v) is 15.2. The molecule has 0 fully saturated rings. The molecule has 2 aromatic rings. The Hall–Kier alpha value is -3.02. The van der Waals surface area contributed by atoms with Gasteiger partial charge in [0.2, 0.25) is 0 Å². The largest absolute Gasteiger partial charge is 0.497 e. The van der Waals surface area contributed by atoms with E-state index >= 15 is 0 Å². The number of ether oxygens (including phenoxy) is 2. The molecule has 0 spiro atoms. The quantitative estimate of drug-likeness (QED) is 0.761. The maximum absolute atomic E-state index is 12.3. The van der Waals surface area contributed by atoms with E-state index < -0.39 is 5.91 Å². The molecule has 0 saturated heterocycles. The number of hydrogen-bond donors (Lipinski definition) is 2. The number of methoxy groups -OCH3 is 1. The van der Waals surface area contributed by atoms with Crippen molar-refractivity contribution in [3.63, 3.8) is 0 Å². The Morgan fingerprint density at radius 3 is 2.42 bits per heavy atom. The zero-order chi connectivity index (χ0) is 19.1. The number of nitrogens with one attached hydrogen (secondary N) is 1. The van der Waals surface area contributed by atoms with Crippen molar-refractivity contribution in [3.8, 4) is 11.5 Å². The molecule has 0 heterocycles. The van der Waals surface area contributed by atoms with Crippen molar-refractivity contribution in [1.82, 2.24) is 5.32 Å². The van der Waals surface area contributed by atoms with E-state index in [1.54, 1.807) is 6.07 Å². The molecule has 0 unspecified atom stereocenters. The lowest BCUT2D eigenvalue weighted by atomic mass is 10.0. The highest BCUT2D eigenvalue weighted by atomic mass is 16.5. The fourth-order valence-corrected chi connectivity index (χ4v) is 2.55. The van der Waals surface area contributed by atoms with Gasteiger partial charge in [0, 0.05) is 6.07 Å². The number of carbonyl (C=O) groups is 2. The van der Waals surface area contributed by atoms with Crippen LogP contribution in [0, 0.1) is 6.92 Å². The first-order valence-electron chi connectivity index (χ1n) is 8.41. The van der Waals surface area contributed by atoms with Crippen LogP contribution in [0.2, 0.25) is 0 Å². The Labute approximate surface area is 153 Å². The van der Waals surface area contributed by atoms with Gasteiger partial charge in [-0.3, -0.25) is 9.59 Å². The lowest BCUT2D eigenvalue weighted by Gasteiger charge is -2.18. The van der Waals surface area contributed by atoms with Gasteiger partial charge in [0.1, 0.15) is 11.5 Å². The van der Waals surface area contributed by atoms with Gasteiger partial charge in [-0.05, 0) is 31.0 Å². The van der Waals surface area contributed by atoms with Crippen LogP contribution in [-0.4, -0.2) is 25.5 Å². The van der Waals surface area contributed by atoms with E-state index in [1.807, 2.05) is 38.1 Å². The van der Waals surface area contributed by atoms with Crippen LogP contribution >= 0.6 is 0 Å². The van der Waals surface area contributed by atoms with Crippen molar-refractivity contribution in [2.24, 2.45) is 5.73 Å². The third kappa shape index (κ3) is 4.99. The van der Waals surface area contributed by atoms with Crippen LogP contribution in [-0.2, 0) is 4.79 Å². The number of amides is 2. The van der Waals surface area contributed by atoms with Crippen LogP contribution < -0.4 is 20.5 Å². The molecule has 138 valence electrons. The van der Waals surface area contributed by atoms with E-state index in [2.05, 4.69) is 5.32 Å². The summed E-state index contributed by atoms with van der Waals surface area (Å²) in [6.45, 7) is 3.79. The van der Waals surface area contributed by atoms with E-state index in [1.165, 1.54) is 19.2 Å². The van der Waals surface area contributed by atoms with Crippen molar-refractivity contribution in [3.05, 3.63) is 59.2 Å². The van der Waals surface area contributed by atoms with E-state index in [4.69, 9.17) is 15.2 Å². The minimum Gasteiger partial charge on any atom is -0.497 e. The molecule has 0 aliphatic heterocycles. The summed E-state index contributed by atoms with van der Waals surface area (Å²) in [6.07, 6.45) is 0.750. The smallest absolute Gasteiger partial charge is 0.258 e. The third-order valence-electron chi connectivity index (χ3n) is 4.04. The van der Waals surface area contributed by atoms with Gasteiger partial charge in [-0.2, -0.15) is 0 Å². The summed E-state index contributed by atoms with van der Waals surface area (Å²) in [5, 5.41) is 2.94. The Bertz CT molecular complexity index is 772. The summed E-state index contributed by atoms with van der Waals surface area (Å²) in [5.74, 6) is -0.184. The predicted molar refractivity (Wildman–Crippen MR) is 99.4 cm³/mol. The lowest BCUT2D eigenvalue weighted by Crippen LogP contribution is -2.32. The van der Waals surface area contributed by atoms with Crippen LogP contribution in [0.15, 0.2) is 42.5 Å². The maximum atomic E-state index is 12.3. The fraction of sp³-hybridized carbons (Fsp3) is 0.300. The van der Waals surface area contributed by atoms with Crippen LogP contribution in [0.25, 0.3) is 0 Å². The number of rotatable bonds is 8. The Kier molecular flexibility index (Phi) is 6.60. The molecule has 3 N–H and O–H groups in total. The molecule has 0 saturated carbocycles. The fourth-order valence-electron chi connectivity index (χ4n) is 2.55. The molecule has 0 aliphatic carbocycles. The first kappa shape index (κ1) is 19.3. The van der Waals surface area contributed by atoms with Gasteiger partial charge in [-0.15, -0.1) is 0 Å². The summed E-state index contributed by atoms with van der Waals surface area (Å²) >= 11 is 0. The molecule has 0 bridgehead atoms. The molecular weight excluding hydrogens is 332 g/mol. The van der Waals surface area contributed by atoms with E-state index in [9.17, 15) is 9.59 Å². The number of aryl methyl sites for hydroxylation is 1. The van der Waals surface area contributed by atoms with Gasteiger partial charge in [0.15, 0.2) is 6.61 Å². The molecule has 6 heteroatoms. The van der Waals surface area contributed by atoms with Crippen LogP contribution in [0.4, 0.5) is 0 Å². The second-order valence-corrected chi connectivity index (χ2v) is 5.95. The SMILES string of the molecule is CC[C@@H](NC(=O)COc1cc(OC)ccc1C(N)=O)c1ccc(C)cc1. The van der Waals surface area contributed by atoms with Crippen LogP contribution in [0.5, 0.6) is 11.5 Å². The van der Waals surface area contributed by atoms with Gasteiger partial charge in [-0.1, -0.05) is 36.8 Å². The molecule has 0 aliphatic rings. The third-order valence-corrected chi connectivity index (χ3v) is 4.04. The van der Waals surface area contributed by atoms with Crippen molar-refractivity contribution in [2.45, 2.75) is 26.3 Å². The Morgan fingerprint density at radius 1 is 1.15 bits per heavy atom. The average molecular weight is 356 g/mol. The molecule has 1 atom stereocenters. The number of hydrogen-bond acceptors (Lipinski definition) is 4. The number of benzene rings is 2. The van der Waals surface area contributed by atoms with Crippen LogP contribution in [0.1, 0.15) is 40.9 Å². The van der Waals surface area contributed by atoms with Crippen molar-refractivity contribution in [2.75, 3.05) is 13.7 Å². The van der Waals surface area contributed by atoms with Gasteiger partial charge < -0.3 is 20.5 Å². The van der Waals surface area contributed by atoms with E-state index in [0.717, 1.165) is 17.5 Å². The minimum atomic E-state index is -0.630. The van der Waals surface area contributed by atoms with Crippen molar-refractivity contribution < 1.29 is 19.1 Å². The van der Waals surface area contributed by atoms with E-state index in [-0.39, 0.29) is 29.9 Å². The molecule has 6 nitrogen and oxygen atoms in total. The molecule has 0 aromatic heterocycles. The van der Waals surface area contributed by atoms with Gasteiger partial charge in [0.25, 0.3) is 11.8 Å². The Balaban J connectivity index is 2.03. The van der Waals surface area contributed by atoms with Crippen molar-refractivity contribution >= 4 is 11.8 Å². The first-order chi connectivity index (χ1) is 12.4. The normalized spacial score (nSPS) is 11.5. The summed E-state index contributed by atoms with van der Waals surface area (Å²) in [6, 6.07) is 12.6. The molecular formula is C20H24N2O4. The monoisotopic (exact) mass is 356 g/mol. The maximum Gasteiger partial charge on any atom is 0.258 e. The van der Waals surface area contributed by atoms with Gasteiger partial charge >= 0.3 is 0 Å². The lowest BCUT2D eigenvalue weighted by molar-refractivity contribution is -0.123. The number of carbonyl (C=O) groups excluding carboxylic acids is 2. The highest BCUT2D eigenvalue weighted by molar-refractivity contribution is 5.96. The summed E-state index contributed by atoms with van der Waals surface area (Å²) in [7, 11) is 1.50. The number of primary amides is 1. The average Bonchev–Trinajstić information content (AvgIpc) is 2.64. The summed E-state index contributed by atoms with van der Waals surface area (Å²) < 4.78 is 10.6. The summed E-state index contributed by atoms with van der Waals surface area (Å²) in [5.41, 5.74) is 7.74. The predicted octanol–water partition coefficient (Wildman–Crippen LogP) is 2.75. The molecule has 0 radical (unpaired) electrons. The second-order valence-electron chi connectivity index (χ2n) is 5.95. The van der Waals surface area contributed by atoms with Crippen LogP contribution in [0.3, 0.4) is 0 Å². The molecule has 2 amide bonds. The van der Waals surface area contributed by atoms with Gasteiger partial charge in [0.05, 0.1) is 18.7 Å². The minimum absolute atomic E-state index is 0.104. The van der Waals surface area contributed by atoms with Gasteiger partial charge in [-0.25, -0.2) is 0 Å². The highest BCUT2D eigenvalue weighted by Crippen LogP contribution is 2.24. The second kappa shape index (κ2) is 8.89. The Morgan fingerprint density at radius 2 is 1.85 bits per heavy atom. The van der Waals surface area contributed by atoms with E-state index in [0.29, 0.717) is 5.75 Å². The highest BCUT2D eigenvalue weighted by Gasteiger charge is 2.15.